The standard InChI is InChI=1S/C24H24FNO2S/c1-17-9-12-22(13-10-17)29(27,28)26-24(20-7-5-4-6-8-20)16-19(3)23-14-11-21(25)15-18(23)2/h4-15,24,26H,3,16H2,1-2H3. The Labute approximate surface area is 172 Å². The zero-order valence-corrected chi connectivity index (χ0v) is 17.3. The molecule has 1 unspecified atom stereocenters. The maximum absolute atomic E-state index is 13.5. The number of hydrogen-bond acceptors (Lipinski definition) is 2. The van der Waals surface area contributed by atoms with Crippen LogP contribution in [-0.2, 0) is 10.0 Å². The third-order valence-corrected chi connectivity index (χ3v) is 6.34. The molecule has 1 N–H and O–H groups in total. The number of rotatable bonds is 7. The molecule has 3 rings (SSSR count). The van der Waals surface area contributed by atoms with Crippen LogP contribution < -0.4 is 4.72 Å². The molecule has 5 heteroatoms. The molecule has 1 atom stereocenters. The summed E-state index contributed by atoms with van der Waals surface area (Å²) >= 11 is 0. The van der Waals surface area contributed by atoms with E-state index in [0.29, 0.717) is 6.42 Å². The Morgan fingerprint density at radius 1 is 1.00 bits per heavy atom. The highest BCUT2D eigenvalue weighted by molar-refractivity contribution is 7.89. The first-order chi connectivity index (χ1) is 13.8. The van der Waals surface area contributed by atoms with Gasteiger partial charge < -0.3 is 0 Å². The summed E-state index contributed by atoms with van der Waals surface area (Å²) in [6.07, 6.45) is 0.363. The highest BCUT2D eigenvalue weighted by atomic mass is 32.2. The zero-order chi connectivity index (χ0) is 21.0. The lowest BCUT2D eigenvalue weighted by molar-refractivity contribution is 0.559. The maximum atomic E-state index is 13.5. The van der Waals surface area contributed by atoms with Gasteiger partial charge in [0.05, 0.1) is 10.9 Å². The van der Waals surface area contributed by atoms with Crippen molar-refractivity contribution in [3.63, 3.8) is 0 Å². The van der Waals surface area contributed by atoms with Crippen LogP contribution in [0.1, 0.15) is 34.7 Å². The van der Waals surface area contributed by atoms with E-state index in [1.807, 2.05) is 44.2 Å². The average molecular weight is 410 g/mol. The fraction of sp³-hybridized carbons (Fsp3) is 0.167. The van der Waals surface area contributed by atoms with Crippen LogP contribution in [0.3, 0.4) is 0 Å². The van der Waals surface area contributed by atoms with Crippen LogP contribution in [0.5, 0.6) is 0 Å². The first-order valence-electron chi connectivity index (χ1n) is 9.34. The van der Waals surface area contributed by atoms with E-state index in [1.165, 1.54) is 12.1 Å². The summed E-state index contributed by atoms with van der Waals surface area (Å²) in [7, 11) is -3.72. The largest absolute Gasteiger partial charge is 0.241 e. The average Bonchev–Trinajstić information content (AvgIpc) is 2.68. The number of sulfonamides is 1. The maximum Gasteiger partial charge on any atom is 0.241 e. The van der Waals surface area contributed by atoms with E-state index < -0.39 is 16.1 Å². The molecule has 0 heterocycles. The number of hydrogen-bond donors (Lipinski definition) is 1. The van der Waals surface area contributed by atoms with E-state index in [1.54, 1.807) is 30.3 Å². The molecule has 29 heavy (non-hydrogen) atoms. The first kappa shape index (κ1) is 21.0. The van der Waals surface area contributed by atoms with Gasteiger partial charge in [-0.15, -0.1) is 0 Å². The first-order valence-corrected chi connectivity index (χ1v) is 10.8. The van der Waals surface area contributed by atoms with E-state index in [9.17, 15) is 12.8 Å². The summed E-state index contributed by atoms with van der Waals surface area (Å²) in [6.45, 7) is 7.86. The summed E-state index contributed by atoms with van der Waals surface area (Å²) in [5.74, 6) is -0.307. The van der Waals surface area contributed by atoms with Crippen molar-refractivity contribution in [1.29, 1.82) is 0 Å². The van der Waals surface area contributed by atoms with Crippen LogP contribution in [0.4, 0.5) is 4.39 Å². The Morgan fingerprint density at radius 2 is 1.66 bits per heavy atom. The second-order valence-electron chi connectivity index (χ2n) is 7.16. The van der Waals surface area contributed by atoms with Gasteiger partial charge >= 0.3 is 0 Å². The van der Waals surface area contributed by atoms with Gasteiger partial charge in [-0.1, -0.05) is 60.7 Å². The molecule has 0 radical (unpaired) electrons. The molecular formula is C24H24FNO2S. The van der Waals surface area contributed by atoms with E-state index in [2.05, 4.69) is 11.3 Å². The van der Waals surface area contributed by atoms with Crippen molar-refractivity contribution in [2.75, 3.05) is 0 Å². The lowest BCUT2D eigenvalue weighted by Gasteiger charge is -2.21. The van der Waals surface area contributed by atoms with E-state index >= 15 is 0 Å². The van der Waals surface area contributed by atoms with Gasteiger partial charge in [0, 0.05) is 0 Å². The van der Waals surface area contributed by atoms with E-state index in [0.717, 1.165) is 27.8 Å². The second-order valence-corrected chi connectivity index (χ2v) is 8.88. The normalized spacial score (nSPS) is 12.5. The molecule has 0 spiro atoms. The predicted octanol–water partition coefficient (Wildman–Crippen LogP) is 5.57. The van der Waals surface area contributed by atoms with Gasteiger partial charge in [-0.2, -0.15) is 0 Å². The van der Waals surface area contributed by atoms with Crippen LogP contribution in [0, 0.1) is 19.7 Å². The zero-order valence-electron chi connectivity index (χ0n) is 16.5. The summed E-state index contributed by atoms with van der Waals surface area (Å²) < 4.78 is 42.2. The Balaban J connectivity index is 1.91. The number of benzene rings is 3. The lowest BCUT2D eigenvalue weighted by Crippen LogP contribution is -2.29. The van der Waals surface area contributed by atoms with Gasteiger partial charge in [-0.25, -0.2) is 17.5 Å². The van der Waals surface area contributed by atoms with Gasteiger partial charge in [-0.3, -0.25) is 0 Å². The molecule has 3 nitrogen and oxygen atoms in total. The molecule has 0 saturated carbocycles. The highest BCUT2D eigenvalue weighted by Gasteiger charge is 2.22. The van der Waals surface area contributed by atoms with Crippen LogP contribution >= 0.6 is 0 Å². The SMILES string of the molecule is C=C(CC(NS(=O)(=O)c1ccc(C)cc1)c1ccccc1)c1ccc(F)cc1C. The van der Waals surface area contributed by atoms with Crippen molar-refractivity contribution in [2.45, 2.75) is 31.2 Å². The number of halogens is 1. The molecule has 0 aliphatic heterocycles. The third kappa shape index (κ3) is 5.19. The monoisotopic (exact) mass is 409 g/mol. The third-order valence-electron chi connectivity index (χ3n) is 4.85. The minimum atomic E-state index is -3.72. The lowest BCUT2D eigenvalue weighted by atomic mass is 9.93. The summed E-state index contributed by atoms with van der Waals surface area (Å²) in [5.41, 5.74) is 4.15. The van der Waals surface area contributed by atoms with Gasteiger partial charge in [-0.05, 0) is 66.8 Å². The molecule has 0 fully saturated rings. The number of nitrogens with one attached hydrogen (secondary N) is 1. The Morgan fingerprint density at radius 3 is 2.28 bits per heavy atom. The minimum Gasteiger partial charge on any atom is -0.207 e. The van der Waals surface area contributed by atoms with Gasteiger partial charge in [0.25, 0.3) is 0 Å². The number of aryl methyl sites for hydroxylation is 2. The molecule has 0 aliphatic rings. The molecule has 0 saturated heterocycles. The smallest absolute Gasteiger partial charge is 0.207 e. The minimum absolute atomic E-state index is 0.215. The van der Waals surface area contributed by atoms with E-state index in [-0.39, 0.29) is 10.7 Å². The summed E-state index contributed by atoms with van der Waals surface area (Å²) in [5, 5.41) is 0. The molecular weight excluding hydrogens is 385 g/mol. The van der Waals surface area contributed by atoms with Crippen molar-refractivity contribution in [3.8, 4) is 0 Å². The topological polar surface area (TPSA) is 46.2 Å². The molecule has 0 aliphatic carbocycles. The fourth-order valence-electron chi connectivity index (χ4n) is 3.27. The Bertz CT molecular complexity index is 1110. The van der Waals surface area contributed by atoms with Crippen molar-refractivity contribution < 1.29 is 12.8 Å². The summed E-state index contributed by atoms with van der Waals surface area (Å²) in [6, 6.07) is 20.1. The molecule has 3 aromatic rings. The van der Waals surface area contributed by atoms with Crippen molar-refractivity contribution in [3.05, 3.63) is 107 Å². The molecule has 0 bridgehead atoms. The van der Waals surface area contributed by atoms with Crippen molar-refractivity contribution in [1.82, 2.24) is 4.72 Å². The van der Waals surface area contributed by atoms with Crippen molar-refractivity contribution in [2.24, 2.45) is 0 Å². The van der Waals surface area contributed by atoms with Gasteiger partial charge in [0.2, 0.25) is 10.0 Å². The van der Waals surface area contributed by atoms with Crippen LogP contribution in [0.15, 0.2) is 84.3 Å². The predicted molar refractivity (Wildman–Crippen MR) is 115 cm³/mol. The molecule has 3 aromatic carbocycles. The molecule has 0 amide bonds. The summed E-state index contributed by atoms with van der Waals surface area (Å²) in [4.78, 5) is 0.215. The van der Waals surface area contributed by atoms with Crippen molar-refractivity contribution >= 4 is 15.6 Å². The van der Waals surface area contributed by atoms with Gasteiger partial charge in [0.15, 0.2) is 0 Å². The highest BCUT2D eigenvalue weighted by Crippen LogP contribution is 2.30. The quantitative estimate of drug-likeness (QED) is 0.555. The Hall–Kier alpha value is -2.76. The Kier molecular flexibility index (Phi) is 6.30. The fourth-order valence-corrected chi connectivity index (χ4v) is 4.49. The van der Waals surface area contributed by atoms with E-state index in [4.69, 9.17) is 0 Å². The van der Waals surface area contributed by atoms with Crippen LogP contribution in [-0.4, -0.2) is 8.42 Å². The molecule has 0 aromatic heterocycles. The van der Waals surface area contributed by atoms with Crippen LogP contribution in [0.25, 0.3) is 5.57 Å². The van der Waals surface area contributed by atoms with Crippen LogP contribution in [0.2, 0.25) is 0 Å². The second kappa shape index (κ2) is 8.72. The van der Waals surface area contributed by atoms with Gasteiger partial charge in [0.1, 0.15) is 5.82 Å². The molecule has 150 valence electrons.